The van der Waals surface area contributed by atoms with E-state index in [1.807, 2.05) is 11.5 Å². The number of rotatable bonds is 3. The molecule has 1 aromatic rings. The summed E-state index contributed by atoms with van der Waals surface area (Å²) in [7, 11) is 1.28. The van der Waals surface area contributed by atoms with E-state index in [0.29, 0.717) is 0 Å². The Kier molecular flexibility index (Phi) is 3.43. The summed E-state index contributed by atoms with van der Waals surface area (Å²) >= 11 is 0. The molecule has 1 aromatic heterocycles. The normalized spacial score (nSPS) is 18.0. The predicted octanol–water partition coefficient (Wildman–Crippen LogP) is 0.994. The molecule has 1 aliphatic carbocycles. The lowest BCUT2D eigenvalue weighted by molar-refractivity contribution is -0.161. The number of nitrogens with zero attached hydrogens (tertiary/aromatic N) is 2. The van der Waals surface area contributed by atoms with Crippen molar-refractivity contribution in [2.24, 2.45) is 0 Å². The Bertz CT molecular complexity index is 463. The van der Waals surface area contributed by atoms with E-state index in [2.05, 4.69) is 9.72 Å². The molecule has 1 atom stereocenters. The minimum atomic E-state index is -1.51. The van der Waals surface area contributed by atoms with Gasteiger partial charge in [0.1, 0.15) is 5.82 Å². The first kappa shape index (κ1) is 13.1. The van der Waals surface area contributed by atoms with Crippen molar-refractivity contribution >= 4 is 5.97 Å². The number of aromatic nitrogens is 2. The molecule has 5 heteroatoms. The summed E-state index contributed by atoms with van der Waals surface area (Å²) < 4.78 is 6.57. The zero-order valence-corrected chi connectivity index (χ0v) is 11.2. The Morgan fingerprint density at radius 3 is 2.83 bits per heavy atom. The fourth-order valence-electron chi connectivity index (χ4n) is 2.54. The molecule has 0 saturated carbocycles. The molecule has 1 N–H and O–H groups in total. The van der Waals surface area contributed by atoms with Crippen LogP contribution in [0.2, 0.25) is 0 Å². The van der Waals surface area contributed by atoms with Crippen LogP contribution in [0.1, 0.15) is 37.0 Å². The van der Waals surface area contributed by atoms with E-state index >= 15 is 0 Å². The highest BCUT2D eigenvalue weighted by atomic mass is 16.5. The smallest absolute Gasteiger partial charge is 0.339 e. The maximum atomic E-state index is 11.5. The van der Waals surface area contributed by atoms with Crippen LogP contribution in [-0.4, -0.2) is 33.3 Å². The van der Waals surface area contributed by atoms with Gasteiger partial charge in [0.05, 0.1) is 19.3 Å². The number of carbonyl (C=O) groups is 1. The number of aliphatic hydroxyl groups is 1. The third kappa shape index (κ3) is 2.27. The maximum Gasteiger partial charge on any atom is 0.339 e. The molecule has 0 radical (unpaired) electrons. The molecule has 0 aromatic carbocycles. The quantitative estimate of drug-likeness (QED) is 0.815. The van der Waals surface area contributed by atoms with Gasteiger partial charge < -0.3 is 14.4 Å². The van der Waals surface area contributed by atoms with Crippen molar-refractivity contribution in [3.05, 3.63) is 17.2 Å². The fourth-order valence-corrected chi connectivity index (χ4v) is 2.54. The fraction of sp³-hybridized carbons (Fsp3) is 0.692. The van der Waals surface area contributed by atoms with Gasteiger partial charge in [-0.1, -0.05) is 0 Å². The number of methoxy groups -OCH3 is 1. The number of fused-ring (bicyclic) bond motifs is 1. The van der Waals surface area contributed by atoms with Crippen LogP contribution in [0.3, 0.4) is 0 Å². The summed E-state index contributed by atoms with van der Waals surface area (Å²) in [6, 6.07) is 0. The maximum absolute atomic E-state index is 11.5. The highest BCUT2D eigenvalue weighted by molar-refractivity contribution is 5.78. The average Bonchev–Trinajstić information content (AvgIpc) is 2.65. The second kappa shape index (κ2) is 4.72. The molecular formula is C13H20N2O3. The van der Waals surface area contributed by atoms with Gasteiger partial charge >= 0.3 is 5.97 Å². The van der Waals surface area contributed by atoms with E-state index in [4.69, 9.17) is 0 Å². The number of carbonyl (C=O) groups excluding carboxylic acids is 1. The van der Waals surface area contributed by atoms with Crippen LogP contribution < -0.4 is 0 Å². The van der Waals surface area contributed by atoms with Crippen LogP contribution >= 0.6 is 0 Å². The van der Waals surface area contributed by atoms with E-state index in [-0.39, 0.29) is 6.54 Å². The minimum Gasteiger partial charge on any atom is -0.467 e. The zero-order valence-electron chi connectivity index (χ0n) is 11.2. The van der Waals surface area contributed by atoms with Crippen molar-refractivity contribution < 1.29 is 14.6 Å². The molecule has 100 valence electrons. The van der Waals surface area contributed by atoms with Crippen LogP contribution in [0.4, 0.5) is 0 Å². The second-order valence-electron chi connectivity index (χ2n) is 5.11. The Morgan fingerprint density at radius 2 is 2.17 bits per heavy atom. The molecule has 0 amide bonds. The van der Waals surface area contributed by atoms with Gasteiger partial charge in [0.2, 0.25) is 0 Å². The van der Waals surface area contributed by atoms with Gasteiger partial charge in [-0.3, -0.25) is 0 Å². The van der Waals surface area contributed by atoms with Gasteiger partial charge in [-0.15, -0.1) is 0 Å². The third-order valence-corrected chi connectivity index (χ3v) is 3.51. The van der Waals surface area contributed by atoms with Gasteiger partial charge in [0.25, 0.3) is 0 Å². The summed E-state index contributed by atoms with van der Waals surface area (Å²) in [5.74, 6) is 0.242. The third-order valence-electron chi connectivity index (χ3n) is 3.51. The van der Waals surface area contributed by atoms with Gasteiger partial charge in [-0.2, -0.15) is 0 Å². The van der Waals surface area contributed by atoms with Crippen molar-refractivity contribution in [1.29, 1.82) is 0 Å². The largest absolute Gasteiger partial charge is 0.467 e. The molecular weight excluding hydrogens is 232 g/mol. The molecule has 18 heavy (non-hydrogen) atoms. The summed E-state index contributed by atoms with van der Waals surface area (Å²) in [6.07, 6.45) is 4.26. The van der Waals surface area contributed by atoms with E-state index < -0.39 is 11.6 Å². The molecule has 2 rings (SSSR count). The van der Waals surface area contributed by atoms with Gasteiger partial charge in [-0.05, 0) is 39.5 Å². The summed E-state index contributed by atoms with van der Waals surface area (Å²) in [5.41, 5.74) is 0.758. The molecule has 0 spiro atoms. The van der Waals surface area contributed by atoms with Crippen molar-refractivity contribution in [2.45, 2.75) is 51.7 Å². The monoisotopic (exact) mass is 252 g/mol. The topological polar surface area (TPSA) is 64.3 Å². The second-order valence-corrected chi connectivity index (χ2v) is 5.11. The van der Waals surface area contributed by atoms with Crippen molar-refractivity contribution in [3.8, 4) is 0 Å². The number of imidazole rings is 1. The molecule has 0 bridgehead atoms. The van der Waals surface area contributed by atoms with E-state index in [1.54, 1.807) is 0 Å². The molecule has 0 saturated heterocycles. The molecule has 1 heterocycles. The SMILES string of the molecule is COC(=O)C(C)(O)Cn1c(C)nc2c1CCCC2. The zero-order chi connectivity index (χ0) is 13.3. The first-order valence-corrected chi connectivity index (χ1v) is 6.31. The van der Waals surface area contributed by atoms with E-state index in [0.717, 1.165) is 42.9 Å². The lowest BCUT2D eigenvalue weighted by Gasteiger charge is -2.23. The lowest BCUT2D eigenvalue weighted by Crippen LogP contribution is -2.41. The highest BCUT2D eigenvalue weighted by Gasteiger charge is 2.34. The van der Waals surface area contributed by atoms with Crippen LogP contribution in [-0.2, 0) is 28.9 Å². The Balaban J connectivity index is 2.29. The average molecular weight is 252 g/mol. The van der Waals surface area contributed by atoms with Crippen molar-refractivity contribution in [2.75, 3.05) is 7.11 Å². The van der Waals surface area contributed by atoms with Crippen LogP contribution in [0.15, 0.2) is 0 Å². The van der Waals surface area contributed by atoms with Gasteiger partial charge in [0.15, 0.2) is 5.60 Å². The Morgan fingerprint density at radius 1 is 1.50 bits per heavy atom. The minimum absolute atomic E-state index is 0.202. The Labute approximate surface area is 107 Å². The number of esters is 1. The summed E-state index contributed by atoms with van der Waals surface area (Å²) in [4.78, 5) is 16.1. The van der Waals surface area contributed by atoms with Crippen molar-refractivity contribution in [1.82, 2.24) is 9.55 Å². The van der Waals surface area contributed by atoms with Gasteiger partial charge in [0, 0.05) is 5.69 Å². The van der Waals surface area contributed by atoms with Gasteiger partial charge in [-0.25, -0.2) is 9.78 Å². The standard InChI is InChI=1S/C13H20N2O3/c1-9-14-10-6-4-5-7-11(10)15(9)8-13(2,17)12(16)18-3/h17H,4-8H2,1-3H3. The number of hydrogen-bond donors (Lipinski definition) is 1. The van der Waals surface area contributed by atoms with E-state index in [1.165, 1.54) is 14.0 Å². The molecule has 1 aliphatic rings. The lowest BCUT2D eigenvalue weighted by atomic mass is 10.0. The predicted molar refractivity (Wildman–Crippen MR) is 66.2 cm³/mol. The molecule has 5 nitrogen and oxygen atoms in total. The first-order chi connectivity index (χ1) is 8.45. The van der Waals surface area contributed by atoms with Crippen molar-refractivity contribution in [3.63, 3.8) is 0 Å². The number of ether oxygens (including phenoxy) is 1. The number of aryl methyl sites for hydroxylation is 2. The summed E-state index contributed by atoms with van der Waals surface area (Å²) in [5, 5.41) is 10.2. The van der Waals surface area contributed by atoms with Crippen LogP contribution in [0.5, 0.6) is 0 Å². The summed E-state index contributed by atoms with van der Waals surface area (Å²) in [6.45, 7) is 3.59. The highest BCUT2D eigenvalue weighted by Crippen LogP contribution is 2.24. The first-order valence-electron chi connectivity index (χ1n) is 6.31. The Hall–Kier alpha value is -1.36. The van der Waals surface area contributed by atoms with Crippen LogP contribution in [0, 0.1) is 6.92 Å². The van der Waals surface area contributed by atoms with Crippen LogP contribution in [0.25, 0.3) is 0 Å². The molecule has 1 unspecified atom stereocenters. The molecule has 0 fully saturated rings. The molecule has 0 aliphatic heterocycles. The number of hydrogen-bond acceptors (Lipinski definition) is 4. The van der Waals surface area contributed by atoms with E-state index in [9.17, 15) is 9.90 Å².